The number of carbonyl (C=O) groups is 1. The van der Waals surface area contributed by atoms with E-state index in [4.69, 9.17) is 0 Å². The summed E-state index contributed by atoms with van der Waals surface area (Å²) in [5.41, 5.74) is 1.15. The predicted octanol–water partition coefficient (Wildman–Crippen LogP) is 1.41. The van der Waals surface area contributed by atoms with Crippen molar-refractivity contribution in [3.63, 3.8) is 0 Å². The third-order valence-corrected chi connectivity index (χ3v) is 6.03. The summed E-state index contributed by atoms with van der Waals surface area (Å²) in [6, 6.07) is 0. The molecule has 166 valence electrons. The number of anilines is 1. The molecule has 0 atom stereocenters. The van der Waals surface area contributed by atoms with Crippen molar-refractivity contribution in [2.45, 2.75) is 45.1 Å². The summed E-state index contributed by atoms with van der Waals surface area (Å²) in [6.45, 7) is 9.54. The number of hydrogen-bond donors (Lipinski definition) is 1. The maximum absolute atomic E-state index is 12.9. The average Bonchev–Trinajstić information content (AvgIpc) is 2.93. The van der Waals surface area contributed by atoms with Crippen LogP contribution in [-0.4, -0.2) is 40.5 Å². The monoisotopic (exact) mass is 445 g/mol. The molecule has 0 aliphatic heterocycles. The van der Waals surface area contributed by atoms with Crippen LogP contribution in [0.2, 0.25) is 0 Å². The molecule has 31 heavy (non-hydrogen) atoms. The van der Waals surface area contributed by atoms with Gasteiger partial charge in [-0.3, -0.25) is 23.4 Å². The van der Waals surface area contributed by atoms with Gasteiger partial charge in [-0.15, -0.1) is 0 Å². The van der Waals surface area contributed by atoms with E-state index in [1.165, 1.54) is 11.6 Å². The normalized spacial score (nSPS) is 11.9. The molecular formula is C20H27N7O3S. The molecule has 0 aliphatic rings. The molecule has 3 aromatic rings. The Labute approximate surface area is 183 Å². The summed E-state index contributed by atoms with van der Waals surface area (Å²) < 4.78 is 4.06. The number of rotatable bonds is 4. The summed E-state index contributed by atoms with van der Waals surface area (Å²) in [6.07, 6.45) is 0. The molecule has 10 nitrogen and oxygen atoms in total. The van der Waals surface area contributed by atoms with Crippen LogP contribution in [-0.2, 0) is 31.4 Å². The number of carbonyl (C=O) groups excluding carboxylic acids is 1. The highest BCUT2D eigenvalue weighted by atomic mass is 32.2. The maximum atomic E-state index is 12.9. The molecule has 1 amide bonds. The van der Waals surface area contributed by atoms with Crippen LogP contribution in [0.15, 0.2) is 14.6 Å². The number of amides is 1. The van der Waals surface area contributed by atoms with Gasteiger partial charge in [0.15, 0.2) is 5.65 Å². The molecule has 3 rings (SSSR count). The SMILES string of the molecule is Cc1nn(C)c(C)c1NC(=O)CSc1nc(C(C)(C)C)nc2c1c(=O)n(C)c(=O)n2C. The van der Waals surface area contributed by atoms with Crippen molar-refractivity contribution in [3.8, 4) is 0 Å². The molecule has 0 radical (unpaired) electrons. The first-order valence-corrected chi connectivity index (χ1v) is 10.7. The molecule has 0 fully saturated rings. The van der Waals surface area contributed by atoms with Crippen molar-refractivity contribution < 1.29 is 4.79 Å². The van der Waals surface area contributed by atoms with Gasteiger partial charge < -0.3 is 5.32 Å². The smallest absolute Gasteiger partial charge is 0.322 e. The Bertz CT molecular complexity index is 1310. The van der Waals surface area contributed by atoms with Gasteiger partial charge in [0.05, 0.1) is 22.8 Å². The summed E-state index contributed by atoms with van der Waals surface area (Å²) in [4.78, 5) is 47.0. The zero-order valence-electron chi connectivity index (χ0n) is 19.0. The Balaban J connectivity index is 2.03. The second-order valence-corrected chi connectivity index (χ2v) is 9.48. The second kappa shape index (κ2) is 7.95. The minimum atomic E-state index is -0.486. The fourth-order valence-electron chi connectivity index (χ4n) is 3.13. The van der Waals surface area contributed by atoms with E-state index in [2.05, 4.69) is 20.4 Å². The molecule has 11 heteroatoms. The van der Waals surface area contributed by atoms with Crippen molar-refractivity contribution in [3.05, 3.63) is 38.1 Å². The minimum absolute atomic E-state index is 0.0372. The van der Waals surface area contributed by atoms with Crippen LogP contribution in [0, 0.1) is 13.8 Å². The Morgan fingerprint density at radius 1 is 1.06 bits per heavy atom. The number of aryl methyl sites for hydroxylation is 3. The Morgan fingerprint density at radius 2 is 1.71 bits per heavy atom. The summed E-state index contributed by atoms with van der Waals surface area (Å²) in [7, 11) is 4.80. The fraction of sp³-hybridized carbons (Fsp3) is 0.500. The average molecular weight is 446 g/mol. The Kier molecular flexibility index (Phi) is 5.83. The maximum Gasteiger partial charge on any atom is 0.332 e. The van der Waals surface area contributed by atoms with Crippen LogP contribution in [0.4, 0.5) is 5.69 Å². The van der Waals surface area contributed by atoms with E-state index in [-0.39, 0.29) is 22.7 Å². The highest BCUT2D eigenvalue weighted by Crippen LogP contribution is 2.27. The van der Waals surface area contributed by atoms with Crippen molar-refractivity contribution in [1.82, 2.24) is 28.9 Å². The van der Waals surface area contributed by atoms with Gasteiger partial charge in [0.2, 0.25) is 5.91 Å². The number of nitrogens with zero attached hydrogens (tertiary/aromatic N) is 6. The number of thioether (sulfide) groups is 1. The predicted molar refractivity (Wildman–Crippen MR) is 121 cm³/mol. The van der Waals surface area contributed by atoms with E-state index in [1.807, 2.05) is 41.7 Å². The van der Waals surface area contributed by atoms with Crippen LogP contribution in [0.25, 0.3) is 11.0 Å². The van der Waals surface area contributed by atoms with E-state index in [0.29, 0.717) is 16.5 Å². The van der Waals surface area contributed by atoms with Crippen LogP contribution >= 0.6 is 11.8 Å². The Hall–Kier alpha value is -2.95. The number of nitrogens with one attached hydrogen (secondary N) is 1. The molecular weight excluding hydrogens is 418 g/mol. The lowest BCUT2D eigenvalue weighted by Crippen LogP contribution is -2.38. The summed E-state index contributed by atoms with van der Waals surface area (Å²) >= 11 is 1.14. The van der Waals surface area contributed by atoms with E-state index < -0.39 is 16.7 Å². The molecule has 0 aliphatic carbocycles. The van der Waals surface area contributed by atoms with Gasteiger partial charge in [-0.05, 0) is 13.8 Å². The van der Waals surface area contributed by atoms with Crippen molar-refractivity contribution in [1.29, 1.82) is 0 Å². The van der Waals surface area contributed by atoms with Crippen LogP contribution in [0.3, 0.4) is 0 Å². The van der Waals surface area contributed by atoms with E-state index in [9.17, 15) is 14.4 Å². The Morgan fingerprint density at radius 3 is 2.26 bits per heavy atom. The van der Waals surface area contributed by atoms with Crippen LogP contribution < -0.4 is 16.6 Å². The summed E-state index contributed by atoms with van der Waals surface area (Å²) in [5, 5.41) is 7.78. The summed E-state index contributed by atoms with van der Waals surface area (Å²) in [5.74, 6) is 0.287. The zero-order chi connectivity index (χ0) is 23.2. The topological polar surface area (TPSA) is 117 Å². The second-order valence-electron chi connectivity index (χ2n) is 8.51. The third kappa shape index (κ3) is 4.14. The molecule has 1 N–H and O–H groups in total. The van der Waals surface area contributed by atoms with Crippen molar-refractivity contribution in [2.75, 3.05) is 11.1 Å². The first-order valence-electron chi connectivity index (χ1n) is 9.74. The van der Waals surface area contributed by atoms with Gasteiger partial charge in [0.25, 0.3) is 5.56 Å². The van der Waals surface area contributed by atoms with Crippen molar-refractivity contribution >= 4 is 34.4 Å². The van der Waals surface area contributed by atoms with Gasteiger partial charge in [0.1, 0.15) is 16.2 Å². The first kappa shape index (κ1) is 22.7. The molecule has 0 spiro atoms. The first-order chi connectivity index (χ1) is 14.3. The van der Waals surface area contributed by atoms with Gasteiger partial charge in [-0.2, -0.15) is 5.10 Å². The highest BCUT2D eigenvalue weighted by Gasteiger charge is 2.24. The van der Waals surface area contributed by atoms with Gasteiger partial charge in [0, 0.05) is 26.6 Å². The van der Waals surface area contributed by atoms with Crippen LogP contribution in [0.1, 0.15) is 38.0 Å². The van der Waals surface area contributed by atoms with Gasteiger partial charge in [-0.1, -0.05) is 32.5 Å². The molecule has 3 aromatic heterocycles. The number of fused-ring (bicyclic) bond motifs is 1. The zero-order valence-corrected chi connectivity index (χ0v) is 19.8. The number of aromatic nitrogens is 6. The lowest BCUT2D eigenvalue weighted by molar-refractivity contribution is -0.113. The van der Waals surface area contributed by atoms with E-state index in [0.717, 1.165) is 27.7 Å². The molecule has 0 saturated carbocycles. The largest absolute Gasteiger partial charge is 0.332 e. The standard InChI is InChI=1S/C20H27N7O3S/c1-10-14(11(2)27(8)24-10)21-12(28)9-31-16-13-15(22-18(23-16)20(3,4)5)25(6)19(30)26(7)17(13)29/h9H2,1-8H3,(H,21,28). The third-order valence-electron chi connectivity index (χ3n) is 5.05. The van der Waals surface area contributed by atoms with Crippen LogP contribution in [0.5, 0.6) is 0 Å². The minimum Gasteiger partial charge on any atom is -0.322 e. The molecule has 0 saturated heterocycles. The van der Waals surface area contributed by atoms with E-state index in [1.54, 1.807) is 11.7 Å². The fourth-order valence-corrected chi connectivity index (χ4v) is 3.95. The quantitative estimate of drug-likeness (QED) is 0.477. The van der Waals surface area contributed by atoms with Gasteiger partial charge in [-0.25, -0.2) is 14.8 Å². The molecule has 3 heterocycles. The molecule has 0 aromatic carbocycles. The lowest BCUT2D eigenvalue weighted by Gasteiger charge is -2.19. The molecule has 0 bridgehead atoms. The lowest BCUT2D eigenvalue weighted by atomic mass is 9.96. The van der Waals surface area contributed by atoms with Crippen molar-refractivity contribution in [2.24, 2.45) is 21.1 Å². The highest BCUT2D eigenvalue weighted by molar-refractivity contribution is 8.00. The molecule has 0 unspecified atom stereocenters. The van der Waals surface area contributed by atoms with Gasteiger partial charge >= 0.3 is 5.69 Å². The number of hydrogen-bond acceptors (Lipinski definition) is 7. The van der Waals surface area contributed by atoms with E-state index >= 15 is 0 Å².